The lowest BCUT2D eigenvalue weighted by molar-refractivity contribution is 0.0989. The van der Waals surface area contributed by atoms with E-state index in [2.05, 4.69) is 0 Å². The van der Waals surface area contributed by atoms with Crippen molar-refractivity contribution in [1.82, 2.24) is 0 Å². The Kier molecular flexibility index (Phi) is 3.27. The van der Waals surface area contributed by atoms with Gasteiger partial charge in [0.05, 0.1) is 5.69 Å². The Morgan fingerprint density at radius 2 is 1.92 bits per heavy atom. The van der Waals surface area contributed by atoms with Gasteiger partial charge < -0.3 is 10.0 Å². The summed E-state index contributed by atoms with van der Waals surface area (Å²) in [5.41, 5.74) is 2.91. The first-order valence-corrected chi connectivity index (χ1v) is 7.87. The molecule has 4 heteroatoms. The standard InChI is InChI=1S/C20H16FNO2/c1-12-17-10-15(3-2-13(17)5-7-19(12)23)20(24)22-9-8-14-4-6-16(21)11-18(14)22/h2-7,10-11,23H,8-9H2,1H3. The van der Waals surface area contributed by atoms with Crippen molar-refractivity contribution in [3.8, 4) is 5.75 Å². The molecule has 3 nitrogen and oxygen atoms in total. The van der Waals surface area contributed by atoms with Gasteiger partial charge in [-0.2, -0.15) is 0 Å². The molecule has 1 heterocycles. The molecule has 1 amide bonds. The van der Waals surface area contributed by atoms with Crippen molar-refractivity contribution in [3.05, 3.63) is 71.0 Å². The number of anilines is 1. The Balaban J connectivity index is 1.78. The molecule has 0 atom stereocenters. The third-order valence-corrected chi connectivity index (χ3v) is 4.70. The van der Waals surface area contributed by atoms with Gasteiger partial charge in [-0.3, -0.25) is 4.79 Å². The number of hydrogen-bond acceptors (Lipinski definition) is 2. The summed E-state index contributed by atoms with van der Waals surface area (Å²) in [4.78, 5) is 14.5. The number of fused-ring (bicyclic) bond motifs is 2. The number of hydrogen-bond donors (Lipinski definition) is 1. The number of aromatic hydroxyl groups is 1. The van der Waals surface area contributed by atoms with Crippen LogP contribution in [0.15, 0.2) is 48.5 Å². The highest BCUT2D eigenvalue weighted by Crippen LogP contribution is 2.32. The van der Waals surface area contributed by atoms with Crippen molar-refractivity contribution < 1.29 is 14.3 Å². The van der Waals surface area contributed by atoms with Crippen LogP contribution in [-0.2, 0) is 6.42 Å². The van der Waals surface area contributed by atoms with Crippen molar-refractivity contribution in [2.75, 3.05) is 11.4 Å². The minimum Gasteiger partial charge on any atom is -0.508 e. The molecule has 0 radical (unpaired) electrons. The maximum Gasteiger partial charge on any atom is 0.258 e. The van der Waals surface area contributed by atoms with Crippen molar-refractivity contribution in [3.63, 3.8) is 0 Å². The van der Waals surface area contributed by atoms with Gasteiger partial charge >= 0.3 is 0 Å². The Bertz CT molecular complexity index is 981. The first-order chi connectivity index (χ1) is 11.5. The average molecular weight is 321 g/mol. The largest absolute Gasteiger partial charge is 0.508 e. The molecule has 3 aromatic rings. The number of aryl methyl sites for hydroxylation is 1. The zero-order chi connectivity index (χ0) is 16.8. The molecule has 1 aliphatic rings. The van der Waals surface area contributed by atoms with Gasteiger partial charge in [0.1, 0.15) is 11.6 Å². The van der Waals surface area contributed by atoms with Gasteiger partial charge in [0.25, 0.3) is 5.91 Å². The van der Waals surface area contributed by atoms with E-state index in [1.54, 1.807) is 29.2 Å². The smallest absolute Gasteiger partial charge is 0.258 e. The van der Waals surface area contributed by atoms with Crippen LogP contribution in [0.5, 0.6) is 5.75 Å². The average Bonchev–Trinajstić information content (AvgIpc) is 3.00. The highest BCUT2D eigenvalue weighted by atomic mass is 19.1. The number of nitrogens with zero attached hydrogens (tertiary/aromatic N) is 1. The SMILES string of the molecule is Cc1c(O)ccc2ccc(C(=O)N3CCc4ccc(F)cc43)cc12. The van der Waals surface area contributed by atoms with E-state index < -0.39 is 0 Å². The Hall–Kier alpha value is -2.88. The zero-order valence-corrected chi connectivity index (χ0v) is 13.2. The van der Waals surface area contributed by atoms with Gasteiger partial charge in [-0.15, -0.1) is 0 Å². The third kappa shape index (κ3) is 2.22. The van der Waals surface area contributed by atoms with Crippen LogP contribution in [0.1, 0.15) is 21.5 Å². The summed E-state index contributed by atoms with van der Waals surface area (Å²) in [6, 6.07) is 13.5. The summed E-state index contributed by atoms with van der Waals surface area (Å²) in [6.07, 6.45) is 0.731. The summed E-state index contributed by atoms with van der Waals surface area (Å²) >= 11 is 0. The second-order valence-corrected chi connectivity index (χ2v) is 6.13. The third-order valence-electron chi connectivity index (χ3n) is 4.70. The maximum absolute atomic E-state index is 13.5. The lowest BCUT2D eigenvalue weighted by Gasteiger charge is -2.18. The first-order valence-electron chi connectivity index (χ1n) is 7.87. The number of rotatable bonds is 1. The van der Waals surface area contributed by atoms with Crippen LogP contribution in [0.2, 0.25) is 0 Å². The molecule has 0 aliphatic carbocycles. The van der Waals surface area contributed by atoms with Crippen molar-refractivity contribution in [2.45, 2.75) is 13.3 Å². The van der Waals surface area contributed by atoms with E-state index in [9.17, 15) is 14.3 Å². The first kappa shape index (κ1) is 14.7. The molecule has 120 valence electrons. The van der Waals surface area contributed by atoms with E-state index in [0.717, 1.165) is 28.3 Å². The number of phenolic OH excluding ortho intramolecular Hbond substituents is 1. The summed E-state index contributed by atoms with van der Waals surface area (Å²) in [7, 11) is 0. The van der Waals surface area contributed by atoms with E-state index >= 15 is 0 Å². The van der Waals surface area contributed by atoms with Gasteiger partial charge in [-0.25, -0.2) is 4.39 Å². The van der Waals surface area contributed by atoms with Gasteiger partial charge in [-0.05, 0) is 65.6 Å². The molecular weight excluding hydrogens is 305 g/mol. The maximum atomic E-state index is 13.5. The second-order valence-electron chi connectivity index (χ2n) is 6.13. The Labute approximate surface area is 139 Å². The molecule has 1 N–H and O–H groups in total. The predicted molar refractivity (Wildman–Crippen MR) is 92.1 cm³/mol. The molecule has 1 aliphatic heterocycles. The predicted octanol–water partition coefficient (Wildman–Crippen LogP) is 4.20. The number of halogens is 1. The Morgan fingerprint density at radius 1 is 1.12 bits per heavy atom. The minimum absolute atomic E-state index is 0.149. The van der Waals surface area contributed by atoms with Crippen LogP contribution >= 0.6 is 0 Å². The fourth-order valence-electron chi connectivity index (χ4n) is 3.31. The number of benzene rings is 3. The van der Waals surface area contributed by atoms with Gasteiger partial charge in [0, 0.05) is 12.1 Å². The van der Waals surface area contributed by atoms with Crippen LogP contribution in [0.3, 0.4) is 0 Å². The molecule has 3 aromatic carbocycles. The summed E-state index contributed by atoms with van der Waals surface area (Å²) < 4.78 is 13.5. The van der Waals surface area contributed by atoms with Crippen LogP contribution < -0.4 is 4.90 Å². The Morgan fingerprint density at radius 3 is 2.75 bits per heavy atom. The lowest BCUT2D eigenvalue weighted by Crippen LogP contribution is -2.28. The highest BCUT2D eigenvalue weighted by molar-refractivity contribution is 6.09. The van der Waals surface area contributed by atoms with Crippen molar-refractivity contribution in [1.29, 1.82) is 0 Å². The molecular formula is C20H16FNO2. The van der Waals surface area contributed by atoms with E-state index in [0.29, 0.717) is 17.8 Å². The van der Waals surface area contributed by atoms with E-state index in [1.807, 2.05) is 19.1 Å². The zero-order valence-electron chi connectivity index (χ0n) is 13.2. The second kappa shape index (κ2) is 5.34. The number of amides is 1. The van der Waals surface area contributed by atoms with Gasteiger partial charge in [0.15, 0.2) is 0 Å². The molecule has 0 fully saturated rings. The summed E-state index contributed by atoms with van der Waals surface area (Å²) in [5.74, 6) is -0.280. The number of carbonyl (C=O) groups is 1. The molecule has 4 rings (SSSR count). The molecule has 0 spiro atoms. The van der Waals surface area contributed by atoms with E-state index in [-0.39, 0.29) is 17.5 Å². The normalized spacial score (nSPS) is 13.3. The monoisotopic (exact) mass is 321 g/mol. The summed E-state index contributed by atoms with van der Waals surface area (Å²) in [5, 5.41) is 11.7. The minimum atomic E-state index is -0.340. The summed E-state index contributed by atoms with van der Waals surface area (Å²) in [6.45, 7) is 2.38. The number of carbonyl (C=O) groups excluding carboxylic acids is 1. The molecule has 24 heavy (non-hydrogen) atoms. The van der Waals surface area contributed by atoms with Crippen LogP contribution in [0.25, 0.3) is 10.8 Å². The van der Waals surface area contributed by atoms with E-state index in [1.165, 1.54) is 12.1 Å². The lowest BCUT2D eigenvalue weighted by atomic mass is 10.0. The molecule has 0 bridgehead atoms. The molecule has 0 aromatic heterocycles. The van der Waals surface area contributed by atoms with Crippen molar-refractivity contribution in [2.24, 2.45) is 0 Å². The van der Waals surface area contributed by atoms with Crippen molar-refractivity contribution >= 4 is 22.4 Å². The molecule has 0 saturated carbocycles. The number of phenols is 1. The highest BCUT2D eigenvalue weighted by Gasteiger charge is 2.26. The fraction of sp³-hybridized carbons (Fsp3) is 0.150. The van der Waals surface area contributed by atoms with Crippen LogP contribution in [-0.4, -0.2) is 17.6 Å². The quantitative estimate of drug-likeness (QED) is 0.730. The molecule has 0 saturated heterocycles. The van der Waals surface area contributed by atoms with Gasteiger partial charge in [0.2, 0.25) is 0 Å². The van der Waals surface area contributed by atoms with Gasteiger partial charge in [-0.1, -0.05) is 18.2 Å². The molecule has 0 unspecified atom stereocenters. The topological polar surface area (TPSA) is 40.5 Å². The van der Waals surface area contributed by atoms with Crippen LogP contribution in [0.4, 0.5) is 10.1 Å². The van der Waals surface area contributed by atoms with Crippen LogP contribution in [0, 0.1) is 12.7 Å². The van der Waals surface area contributed by atoms with E-state index in [4.69, 9.17) is 0 Å². The fourth-order valence-corrected chi connectivity index (χ4v) is 3.31.